The van der Waals surface area contributed by atoms with E-state index in [4.69, 9.17) is 4.74 Å². The van der Waals surface area contributed by atoms with Crippen molar-refractivity contribution in [3.63, 3.8) is 0 Å². The van der Waals surface area contributed by atoms with E-state index in [0.29, 0.717) is 0 Å². The van der Waals surface area contributed by atoms with E-state index < -0.39 is 29.3 Å². The summed E-state index contributed by atoms with van der Waals surface area (Å²) in [5, 5.41) is 5.64. The normalized spacial score (nSPS) is 13.9. The van der Waals surface area contributed by atoms with Gasteiger partial charge in [0.15, 0.2) is 0 Å². The van der Waals surface area contributed by atoms with Gasteiger partial charge in [-0.15, -0.1) is 0 Å². The molecule has 0 aliphatic heterocycles. The fourth-order valence-electron chi connectivity index (χ4n) is 3.54. The minimum atomic E-state index is -0.874. The fourth-order valence-corrected chi connectivity index (χ4v) is 3.54. The molecule has 180 valence electrons. The molecule has 0 aliphatic rings. The van der Waals surface area contributed by atoms with E-state index in [9.17, 15) is 14.4 Å². The second-order valence-corrected chi connectivity index (χ2v) is 10.7. The fraction of sp³-hybridized carbons (Fsp3) is 0.640. The van der Waals surface area contributed by atoms with Gasteiger partial charge in [0.1, 0.15) is 17.7 Å². The van der Waals surface area contributed by atoms with Gasteiger partial charge in [-0.3, -0.25) is 9.59 Å². The van der Waals surface area contributed by atoms with E-state index >= 15 is 0 Å². The number of aryl methyl sites for hydroxylation is 2. The lowest BCUT2D eigenvalue weighted by Gasteiger charge is -2.39. The molecule has 0 saturated carbocycles. The van der Waals surface area contributed by atoms with Gasteiger partial charge in [0.05, 0.1) is 0 Å². The van der Waals surface area contributed by atoms with Crippen LogP contribution in [0.1, 0.15) is 85.0 Å². The van der Waals surface area contributed by atoms with Gasteiger partial charge >= 0.3 is 6.09 Å². The molecule has 0 heterocycles. The molecule has 0 radical (unpaired) electrons. The minimum absolute atomic E-state index is 0.263. The molecule has 0 saturated heterocycles. The summed E-state index contributed by atoms with van der Waals surface area (Å²) in [6.45, 7) is 20.2. The number of rotatable bonds is 6. The molecule has 1 aromatic carbocycles. The van der Waals surface area contributed by atoms with Gasteiger partial charge < -0.3 is 20.3 Å². The Morgan fingerprint density at radius 3 is 1.84 bits per heavy atom. The van der Waals surface area contributed by atoms with Crippen LogP contribution < -0.4 is 10.6 Å². The molecule has 0 aromatic heterocycles. The number of hydrogen-bond donors (Lipinski definition) is 2. The van der Waals surface area contributed by atoms with Crippen LogP contribution in [0.25, 0.3) is 0 Å². The van der Waals surface area contributed by atoms with E-state index in [1.54, 1.807) is 32.6 Å². The topological polar surface area (TPSA) is 87.7 Å². The number of carbonyl (C=O) groups excluding carboxylic acids is 3. The Hall–Kier alpha value is -2.57. The largest absolute Gasteiger partial charge is 0.444 e. The summed E-state index contributed by atoms with van der Waals surface area (Å²) in [5.74, 6) is -0.621. The molecule has 1 rings (SSSR count). The molecule has 0 aliphatic carbocycles. The molecular weight excluding hydrogens is 406 g/mol. The Labute approximate surface area is 193 Å². The molecule has 2 unspecified atom stereocenters. The molecule has 1 aromatic rings. The lowest BCUT2D eigenvalue weighted by atomic mass is 9.92. The van der Waals surface area contributed by atoms with Crippen molar-refractivity contribution >= 4 is 17.9 Å². The van der Waals surface area contributed by atoms with Crippen LogP contribution in [0.4, 0.5) is 4.79 Å². The van der Waals surface area contributed by atoms with Gasteiger partial charge in [0.2, 0.25) is 11.8 Å². The van der Waals surface area contributed by atoms with Crippen LogP contribution in [-0.4, -0.2) is 46.0 Å². The summed E-state index contributed by atoms with van der Waals surface area (Å²) >= 11 is 0. The van der Waals surface area contributed by atoms with Crippen LogP contribution in [0.5, 0.6) is 0 Å². The summed E-state index contributed by atoms with van der Waals surface area (Å²) in [6, 6.07) is 3.80. The van der Waals surface area contributed by atoms with Crippen LogP contribution in [0, 0.1) is 13.8 Å². The van der Waals surface area contributed by atoms with Gasteiger partial charge in [-0.05, 0) is 92.9 Å². The average Bonchev–Trinajstić information content (AvgIpc) is 2.56. The first-order valence-electron chi connectivity index (χ1n) is 11.1. The first-order chi connectivity index (χ1) is 14.4. The van der Waals surface area contributed by atoms with Gasteiger partial charge in [-0.25, -0.2) is 4.79 Å². The Bertz CT molecular complexity index is 814. The number of carbonyl (C=O) groups is 3. The van der Waals surface area contributed by atoms with Crippen LogP contribution >= 0.6 is 0 Å². The molecule has 0 spiro atoms. The summed E-state index contributed by atoms with van der Waals surface area (Å²) in [4.78, 5) is 40.9. The van der Waals surface area contributed by atoms with Crippen molar-refractivity contribution in [3.05, 3.63) is 34.9 Å². The molecule has 3 amide bonds. The van der Waals surface area contributed by atoms with Crippen molar-refractivity contribution < 1.29 is 19.1 Å². The Balaban J connectivity index is 3.43. The summed E-state index contributed by atoms with van der Waals surface area (Å²) in [5.41, 5.74) is 1.48. The number of ether oxygens (including phenoxy) is 1. The highest BCUT2D eigenvalue weighted by Crippen LogP contribution is 2.30. The molecule has 2 N–H and O–H groups in total. The smallest absolute Gasteiger partial charge is 0.408 e. The number of alkyl carbamates (subject to hydrolysis) is 1. The molecule has 0 bridgehead atoms. The predicted octanol–water partition coefficient (Wildman–Crippen LogP) is 4.41. The first-order valence-corrected chi connectivity index (χ1v) is 11.1. The molecule has 2 atom stereocenters. The summed E-state index contributed by atoms with van der Waals surface area (Å²) in [7, 11) is 0. The van der Waals surface area contributed by atoms with E-state index in [1.165, 1.54) is 0 Å². The zero-order valence-corrected chi connectivity index (χ0v) is 21.5. The maximum absolute atomic E-state index is 13.6. The van der Waals surface area contributed by atoms with Crippen molar-refractivity contribution in [1.82, 2.24) is 15.5 Å². The van der Waals surface area contributed by atoms with E-state index in [1.807, 2.05) is 66.7 Å². The highest BCUT2D eigenvalue weighted by Gasteiger charge is 2.38. The third kappa shape index (κ3) is 7.84. The van der Waals surface area contributed by atoms with Crippen molar-refractivity contribution in [2.24, 2.45) is 0 Å². The summed E-state index contributed by atoms with van der Waals surface area (Å²) in [6.07, 6.45) is -0.676. The third-order valence-electron chi connectivity index (χ3n) is 4.75. The monoisotopic (exact) mass is 447 g/mol. The molecule has 0 fully saturated rings. The van der Waals surface area contributed by atoms with E-state index in [-0.39, 0.29) is 17.9 Å². The van der Waals surface area contributed by atoms with Crippen LogP contribution in [0.2, 0.25) is 0 Å². The lowest BCUT2D eigenvalue weighted by molar-refractivity contribution is -0.144. The number of amides is 3. The highest BCUT2D eigenvalue weighted by molar-refractivity contribution is 5.92. The van der Waals surface area contributed by atoms with Gasteiger partial charge in [-0.1, -0.05) is 18.2 Å². The second-order valence-electron chi connectivity index (χ2n) is 10.7. The zero-order chi connectivity index (χ0) is 25.0. The molecular formula is C25H41N3O4. The second kappa shape index (κ2) is 10.4. The van der Waals surface area contributed by atoms with Crippen LogP contribution in [0.15, 0.2) is 18.2 Å². The minimum Gasteiger partial charge on any atom is -0.444 e. The maximum atomic E-state index is 13.6. The zero-order valence-electron chi connectivity index (χ0n) is 21.5. The van der Waals surface area contributed by atoms with Gasteiger partial charge in [0, 0.05) is 11.6 Å². The molecule has 7 nitrogen and oxygen atoms in total. The number of nitrogens with one attached hydrogen (secondary N) is 2. The van der Waals surface area contributed by atoms with Gasteiger partial charge in [-0.2, -0.15) is 0 Å². The van der Waals surface area contributed by atoms with Gasteiger partial charge in [0.25, 0.3) is 0 Å². The standard InChI is InChI=1S/C25H41N3O4/c1-15(2)28(22(30)18(5)26-23(31)32-25(9,10)11)20(21(29)27-24(6,7)8)19-16(3)13-12-14-17(19)4/h12-15,18,20H,1-11H3,(H,26,31)(H,27,29). The Kier molecular flexibility index (Phi) is 8.90. The highest BCUT2D eigenvalue weighted by atomic mass is 16.6. The van der Waals surface area contributed by atoms with E-state index in [0.717, 1.165) is 16.7 Å². The lowest BCUT2D eigenvalue weighted by Crippen LogP contribution is -2.56. The first kappa shape index (κ1) is 27.5. The predicted molar refractivity (Wildman–Crippen MR) is 127 cm³/mol. The van der Waals surface area contributed by atoms with Crippen molar-refractivity contribution in [3.8, 4) is 0 Å². The van der Waals surface area contributed by atoms with Crippen LogP contribution in [0.3, 0.4) is 0 Å². The van der Waals surface area contributed by atoms with Crippen molar-refractivity contribution in [2.45, 2.75) is 105 Å². The average molecular weight is 448 g/mol. The van der Waals surface area contributed by atoms with E-state index in [2.05, 4.69) is 10.6 Å². The summed E-state index contributed by atoms with van der Waals surface area (Å²) < 4.78 is 5.30. The maximum Gasteiger partial charge on any atom is 0.408 e. The van der Waals surface area contributed by atoms with Crippen molar-refractivity contribution in [2.75, 3.05) is 0 Å². The third-order valence-corrected chi connectivity index (χ3v) is 4.75. The Morgan fingerprint density at radius 2 is 1.44 bits per heavy atom. The molecule has 7 heteroatoms. The number of nitrogens with zero attached hydrogens (tertiary/aromatic N) is 1. The Morgan fingerprint density at radius 1 is 0.938 bits per heavy atom. The van der Waals surface area contributed by atoms with Crippen LogP contribution in [-0.2, 0) is 14.3 Å². The van der Waals surface area contributed by atoms with Crippen molar-refractivity contribution in [1.29, 1.82) is 0 Å². The SMILES string of the molecule is Cc1cccc(C)c1C(C(=O)NC(C)(C)C)N(C(=O)C(C)NC(=O)OC(C)(C)C)C(C)C. The quantitative estimate of drug-likeness (QED) is 0.676. The molecule has 32 heavy (non-hydrogen) atoms. The number of hydrogen-bond acceptors (Lipinski definition) is 4. The number of benzene rings is 1.